The molecule has 2 amide bonds. The van der Waals surface area contributed by atoms with Gasteiger partial charge < -0.3 is 19.7 Å². The van der Waals surface area contributed by atoms with Gasteiger partial charge in [0.15, 0.2) is 0 Å². The molecule has 6 nitrogen and oxygen atoms in total. The zero-order valence-electron chi connectivity index (χ0n) is 18.0. The smallest absolute Gasteiger partial charge is 0.223 e. The van der Waals surface area contributed by atoms with Crippen LogP contribution >= 0.6 is 0 Å². The first-order valence-corrected chi connectivity index (χ1v) is 11.2. The number of nitrogens with one attached hydrogen (secondary N) is 1. The van der Waals surface area contributed by atoms with Crippen molar-refractivity contribution in [3.63, 3.8) is 0 Å². The Kier molecular flexibility index (Phi) is 5.55. The molecule has 0 spiro atoms. The number of H-pyrrole nitrogens is 1. The minimum Gasteiger partial charge on any atom is -0.368 e. The quantitative estimate of drug-likeness (QED) is 0.685. The number of halogens is 1. The van der Waals surface area contributed by atoms with Gasteiger partial charge in [0.1, 0.15) is 5.82 Å². The molecule has 0 saturated carbocycles. The third-order valence-electron chi connectivity index (χ3n) is 6.60. The van der Waals surface area contributed by atoms with Crippen molar-refractivity contribution in [1.82, 2.24) is 14.8 Å². The molecule has 3 heterocycles. The fraction of sp³-hybridized carbons (Fsp3) is 0.360. The number of amides is 2. The highest BCUT2D eigenvalue weighted by molar-refractivity contribution is 5.87. The zero-order valence-corrected chi connectivity index (χ0v) is 18.0. The Labute approximate surface area is 186 Å². The van der Waals surface area contributed by atoms with Gasteiger partial charge in [-0.15, -0.1) is 0 Å². The summed E-state index contributed by atoms with van der Waals surface area (Å²) in [5, 5.41) is 0.838. The molecule has 0 unspecified atom stereocenters. The predicted octanol–water partition coefficient (Wildman–Crippen LogP) is 3.32. The second-order valence-corrected chi connectivity index (χ2v) is 8.54. The summed E-state index contributed by atoms with van der Waals surface area (Å²) in [6.45, 7) is 4.03. The number of anilines is 1. The molecule has 0 radical (unpaired) electrons. The maximum absolute atomic E-state index is 13.7. The fourth-order valence-corrected chi connectivity index (χ4v) is 4.78. The predicted molar refractivity (Wildman–Crippen MR) is 122 cm³/mol. The average Bonchev–Trinajstić information content (AvgIpc) is 3.20. The number of fused-ring (bicyclic) bond motifs is 3. The first-order valence-electron chi connectivity index (χ1n) is 11.2. The summed E-state index contributed by atoms with van der Waals surface area (Å²) in [5.41, 5.74) is 4.14. The molecule has 1 aromatic heterocycles. The van der Waals surface area contributed by atoms with Crippen LogP contribution < -0.4 is 4.90 Å². The number of aromatic nitrogens is 1. The molecule has 32 heavy (non-hydrogen) atoms. The van der Waals surface area contributed by atoms with Crippen LogP contribution in [0.4, 0.5) is 10.1 Å². The van der Waals surface area contributed by atoms with E-state index < -0.39 is 0 Å². The second kappa shape index (κ2) is 8.65. The average molecular weight is 435 g/mol. The first kappa shape index (κ1) is 20.5. The number of carbonyl (C=O) groups excluding carboxylic acids is 2. The van der Waals surface area contributed by atoms with Gasteiger partial charge >= 0.3 is 0 Å². The Balaban J connectivity index is 1.14. The molecule has 7 heteroatoms. The number of nitrogens with zero attached hydrogens (tertiary/aromatic N) is 3. The molecular formula is C25H27FN4O2. The lowest BCUT2D eigenvalue weighted by Crippen LogP contribution is -2.49. The SMILES string of the molecule is O=C(CCC(=O)N1CCc2[nH]c3ccc(F)cc3c2C1)N1CCN(c2ccccc2)CC1. The molecule has 2 aliphatic heterocycles. The van der Waals surface area contributed by atoms with Crippen molar-refractivity contribution in [2.75, 3.05) is 37.6 Å². The van der Waals surface area contributed by atoms with Crippen molar-refractivity contribution in [3.05, 3.63) is 65.6 Å². The largest absolute Gasteiger partial charge is 0.368 e. The minimum absolute atomic E-state index is 0.0160. The lowest BCUT2D eigenvalue weighted by molar-refractivity contribution is -0.137. The molecule has 0 bridgehead atoms. The molecule has 5 rings (SSSR count). The lowest BCUT2D eigenvalue weighted by atomic mass is 10.0. The van der Waals surface area contributed by atoms with E-state index in [0.717, 1.165) is 35.2 Å². The summed E-state index contributed by atoms with van der Waals surface area (Å²) in [7, 11) is 0. The molecular weight excluding hydrogens is 407 g/mol. The molecule has 166 valence electrons. The third-order valence-corrected chi connectivity index (χ3v) is 6.60. The first-order chi connectivity index (χ1) is 15.6. The van der Waals surface area contributed by atoms with E-state index in [1.165, 1.54) is 17.8 Å². The Bertz CT molecular complexity index is 1140. The van der Waals surface area contributed by atoms with Crippen LogP contribution in [0.2, 0.25) is 0 Å². The highest BCUT2D eigenvalue weighted by Gasteiger charge is 2.26. The summed E-state index contributed by atoms with van der Waals surface area (Å²) < 4.78 is 13.7. The van der Waals surface area contributed by atoms with Crippen LogP contribution in [0.3, 0.4) is 0 Å². The van der Waals surface area contributed by atoms with Crippen LogP contribution in [0.15, 0.2) is 48.5 Å². The van der Waals surface area contributed by atoms with Crippen molar-refractivity contribution in [1.29, 1.82) is 0 Å². The van der Waals surface area contributed by atoms with Gasteiger partial charge in [-0.3, -0.25) is 9.59 Å². The standard InChI is InChI=1S/C25H27FN4O2/c26-18-6-7-22-20(16-18)21-17-30(11-10-23(21)27-22)25(32)9-8-24(31)29-14-12-28(13-15-29)19-4-2-1-3-5-19/h1-7,16,27H,8-15,17H2. The highest BCUT2D eigenvalue weighted by Crippen LogP contribution is 2.28. The van der Waals surface area contributed by atoms with Gasteiger partial charge in [-0.25, -0.2) is 4.39 Å². The van der Waals surface area contributed by atoms with Gasteiger partial charge in [0, 0.05) is 86.4 Å². The van der Waals surface area contributed by atoms with Crippen molar-refractivity contribution in [3.8, 4) is 0 Å². The number of aromatic amines is 1. The fourth-order valence-electron chi connectivity index (χ4n) is 4.78. The Morgan fingerprint density at radius 2 is 1.59 bits per heavy atom. The Morgan fingerprint density at radius 3 is 2.34 bits per heavy atom. The minimum atomic E-state index is -0.277. The van der Waals surface area contributed by atoms with Gasteiger partial charge in [-0.2, -0.15) is 0 Å². The normalized spacial score (nSPS) is 16.3. The van der Waals surface area contributed by atoms with Crippen molar-refractivity contribution < 1.29 is 14.0 Å². The van der Waals surface area contributed by atoms with E-state index in [-0.39, 0.29) is 30.5 Å². The Morgan fingerprint density at radius 1 is 0.875 bits per heavy atom. The Hall–Kier alpha value is -3.35. The maximum Gasteiger partial charge on any atom is 0.223 e. The third kappa shape index (κ3) is 4.07. The molecule has 3 aromatic rings. The van der Waals surface area contributed by atoms with Crippen molar-refractivity contribution in [2.45, 2.75) is 25.8 Å². The van der Waals surface area contributed by atoms with Gasteiger partial charge in [0.05, 0.1) is 0 Å². The van der Waals surface area contributed by atoms with E-state index in [0.29, 0.717) is 32.6 Å². The maximum atomic E-state index is 13.7. The number of carbonyl (C=O) groups is 2. The van der Waals surface area contributed by atoms with E-state index >= 15 is 0 Å². The molecule has 0 atom stereocenters. The van der Waals surface area contributed by atoms with E-state index in [9.17, 15) is 14.0 Å². The number of hydrogen-bond acceptors (Lipinski definition) is 3. The van der Waals surface area contributed by atoms with Gasteiger partial charge in [0.25, 0.3) is 0 Å². The molecule has 0 aliphatic carbocycles. The van der Waals surface area contributed by atoms with Crippen molar-refractivity contribution >= 4 is 28.4 Å². The van der Waals surface area contributed by atoms with E-state index in [2.05, 4.69) is 22.0 Å². The number of para-hydroxylation sites is 1. The van der Waals surface area contributed by atoms with Crippen LogP contribution in [0.5, 0.6) is 0 Å². The molecule has 1 fully saturated rings. The zero-order chi connectivity index (χ0) is 22.1. The van der Waals surface area contributed by atoms with E-state index in [4.69, 9.17) is 0 Å². The highest BCUT2D eigenvalue weighted by atomic mass is 19.1. The lowest BCUT2D eigenvalue weighted by Gasteiger charge is -2.36. The molecule has 2 aliphatic rings. The monoisotopic (exact) mass is 434 g/mol. The molecule has 1 N–H and O–H groups in total. The van der Waals surface area contributed by atoms with Crippen LogP contribution in [-0.2, 0) is 22.6 Å². The summed E-state index contributed by atoms with van der Waals surface area (Å²) >= 11 is 0. The van der Waals surface area contributed by atoms with Gasteiger partial charge in [-0.1, -0.05) is 18.2 Å². The number of piperazine rings is 1. The van der Waals surface area contributed by atoms with Crippen LogP contribution in [0.25, 0.3) is 10.9 Å². The number of hydrogen-bond donors (Lipinski definition) is 1. The summed E-state index contributed by atoms with van der Waals surface area (Å²) in [4.78, 5) is 34.8. The van der Waals surface area contributed by atoms with Gasteiger partial charge in [0.2, 0.25) is 11.8 Å². The van der Waals surface area contributed by atoms with Crippen LogP contribution in [0.1, 0.15) is 24.1 Å². The van der Waals surface area contributed by atoms with E-state index in [1.807, 2.05) is 23.1 Å². The second-order valence-electron chi connectivity index (χ2n) is 8.54. The van der Waals surface area contributed by atoms with E-state index in [1.54, 1.807) is 11.0 Å². The number of rotatable bonds is 4. The summed E-state index contributed by atoms with van der Waals surface area (Å²) in [5.74, 6) is -0.253. The summed E-state index contributed by atoms with van der Waals surface area (Å²) in [6, 6.07) is 14.9. The number of benzene rings is 2. The van der Waals surface area contributed by atoms with Crippen LogP contribution in [0, 0.1) is 5.82 Å². The summed E-state index contributed by atoms with van der Waals surface area (Å²) in [6.07, 6.45) is 1.16. The van der Waals surface area contributed by atoms with Crippen molar-refractivity contribution in [2.24, 2.45) is 0 Å². The molecule has 1 saturated heterocycles. The van der Waals surface area contributed by atoms with Crippen LogP contribution in [-0.4, -0.2) is 59.3 Å². The topological polar surface area (TPSA) is 59.7 Å². The molecule has 2 aromatic carbocycles. The van der Waals surface area contributed by atoms with Gasteiger partial charge in [-0.05, 0) is 30.3 Å².